The van der Waals surface area contributed by atoms with Crippen molar-refractivity contribution < 1.29 is 4.74 Å². The molecule has 0 amide bonds. The van der Waals surface area contributed by atoms with Crippen molar-refractivity contribution in [3.63, 3.8) is 0 Å². The standard InChI is InChI=1S/C24H39NO/c1-22(2,3)26-17-13-9-8-10-14-19-18-24(6,23(4,5)25-7)21-16-12-11-15-20(19)21/h11-12,15-16,18,25H,8-10,13-14,17H2,1-7H3. The third kappa shape index (κ3) is 4.78. The Labute approximate surface area is 161 Å². The molecule has 0 radical (unpaired) electrons. The summed E-state index contributed by atoms with van der Waals surface area (Å²) in [5.41, 5.74) is 4.49. The minimum atomic E-state index is -0.0110. The summed E-state index contributed by atoms with van der Waals surface area (Å²) in [5, 5.41) is 3.53. The third-order valence-electron chi connectivity index (χ3n) is 6.09. The zero-order chi connectivity index (χ0) is 19.4. The summed E-state index contributed by atoms with van der Waals surface area (Å²) < 4.78 is 5.81. The maximum atomic E-state index is 5.81. The van der Waals surface area contributed by atoms with Crippen molar-refractivity contribution in [2.45, 2.75) is 90.2 Å². The average Bonchev–Trinajstić information content (AvgIpc) is 2.87. The van der Waals surface area contributed by atoms with Crippen molar-refractivity contribution in [2.75, 3.05) is 13.7 Å². The number of fused-ring (bicyclic) bond motifs is 1. The first kappa shape index (κ1) is 21.2. The van der Waals surface area contributed by atoms with E-state index in [1.165, 1.54) is 42.4 Å². The highest BCUT2D eigenvalue weighted by Gasteiger charge is 2.44. The molecule has 0 aliphatic heterocycles. The predicted octanol–water partition coefficient (Wildman–Crippen LogP) is 6.10. The second-order valence-electron chi connectivity index (χ2n) is 9.42. The largest absolute Gasteiger partial charge is 0.376 e. The Balaban J connectivity index is 1.93. The molecule has 1 atom stereocenters. The number of rotatable bonds is 9. The quantitative estimate of drug-likeness (QED) is 0.539. The third-order valence-corrected chi connectivity index (χ3v) is 6.09. The second-order valence-corrected chi connectivity index (χ2v) is 9.42. The molecular weight excluding hydrogens is 318 g/mol. The highest BCUT2D eigenvalue weighted by molar-refractivity contribution is 5.77. The zero-order valence-corrected chi connectivity index (χ0v) is 18.0. The lowest BCUT2D eigenvalue weighted by atomic mass is 9.70. The summed E-state index contributed by atoms with van der Waals surface area (Å²) in [6.07, 6.45) is 8.65. The molecule has 0 fully saturated rings. The number of hydrogen-bond donors (Lipinski definition) is 1. The first-order valence-corrected chi connectivity index (χ1v) is 10.3. The smallest absolute Gasteiger partial charge is 0.0598 e. The Hall–Kier alpha value is -1.12. The number of unbranched alkanes of at least 4 members (excludes halogenated alkanes) is 3. The lowest BCUT2D eigenvalue weighted by Crippen LogP contribution is -2.52. The summed E-state index contributed by atoms with van der Waals surface area (Å²) in [5.74, 6) is 0. The van der Waals surface area contributed by atoms with Gasteiger partial charge in [-0.2, -0.15) is 0 Å². The number of ether oxygens (including phenoxy) is 1. The van der Waals surface area contributed by atoms with Crippen LogP contribution in [0.25, 0.3) is 5.57 Å². The first-order valence-electron chi connectivity index (χ1n) is 10.3. The zero-order valence-electron chi connectivity index (χ0n) is 18.0. The highest BCUT2D eigenvalue weighted by Crippen LogP contribution is 2.47. The summed E-state index contributed by atoms with van der Waals surface area (Å²) in [7, 11) is 2.07. The minimum absolute atomic E-state index is 0.0110. The maximum absolute atomic E-state index is 5.81. The highest BCUT2D eigenvalue weighted by atomic mass is 16.5. The van der Waals surface area contributed by atoms with Crippen LogP contribution in [0.15, 0.2) is 30.3 Å². The van der Waals surface area contributed by atoms with Crippen LogP contribution >= 0.6 is 0 Å². The molecule has 0 bridgehead atoms. The molecule has 0 saturated carbocycles. The fourth-order valence-electron chi connectivity index (χ4n) is 3.85. The van der Waals surface area contributed by atoms with E-state index in [0.29, 0.717) is 0 Å². The molecule has 146 valence electrons. The molecule has 1 N–H and O–H groups in total. The lowest BCUT2D eigenvalue weighted by Gasteiger charge is -2.41. The first-order chi connectivity index (χ1) is 12.1. The van der Waals surface area contributed by atoms with Crippen LogP contribution in [0.2, 0.25) is 0 Å². The summed E-state index contributed by atoms with van der Waals surface area (Å²) >= 11 is 0. The molecule has 0 aromatic heterocycles. The van der Waals surface area contributed by atoms with E-state index in [2.05, 4.69) is 84.2 Å². The van der Waals surface area contributed by atoms with E-state index in [0.717, 1.165) is 13.0 Å². The Kier molecular flexibility index (Phi) is 6.74. The van der Waals surface area contributed by atoms with Crippen LogP contribution < -0.4 is 5.32 Å². The van der Waals surface area contributed by atoms with Crippen molar-refractivity contribution >= 4 is 5.57 Å². The van der Waals surface area contributed by atoms with Crippen molar-refractivity contribution in [3.05, 3.63) is 41.5 Å². The van der Waals surface area contributed by atoms with Crippen LogP contribution in [0, 0.1) is 0 Å². The van der Waals surface area contributed by atoms with E-state index >= 15 is 0 Å². The Morgan fingerprint density at radius 3 is 2.27 bits per heavy atom. The van der Waals surface area contributed by atoms with Crippen LogP contribution in [0.1, 0.15) is 84.8 Å². The number of benzene rings is 1. The fourth-order valence-corrected chi connectivity index (χ4v) is 3.85. The molecule has 0 heterocycles. The fraction of sp³-hybridized carbons (Fsp3) is 0.667. The summed E-state index contributed by atoms with van der Waals surface area (Å²) in [6, 6.07) is 8.96. The predicted molar refractivity (Wildman–Crippen MR) is 114 cm³/mol. The lowest BCUT2D eigenvalue weighted by molar-refractivity contribution is -0.00472. The number of allylic oxidation sites excluding steroid dienone is 1. The van der Waals surface area contributed by atoms with Crippen molar-refractivity contribution in [2.24, 2.45) is 0 Å². The minimum Gasteiger partial charge on any atom is -0.376 e. The SMILES string of the molecule is CNC(C)(C)C1(C)C=C(CCCCCCOC(C)(C)C)c2ccccc21. The van der Waals surface area contributed by atoms with Gasteiger partial charge in [-0.25, -0.2) is 0 Å². The molecule has 2 heteroatoms. The number of likely N-dealkylation sites (N-methyl/N-ethyl adjacent to an activating group) is 1. The van der Waals surface area contributed by atoms with Crippen molar-refractivity contribution in [1.82, 2.24) is 5.32 Å². The van der Waals surface area contributed by atoms with Gasteiger partial charge in [0.05, 0.1) is 5.60 Å². The van der Waals surface area contributed by atoms with Crippen LogP contribution in [0.4, 0.5) is 0 Å². The van der Waals surface area contributed by atoms with E-state index in [4.69, 9.17) is 4.74 Å². The molecule has 26 heavy (non-hydrogen) atoms. The normalized spacial score (nSPS) is 20.2. The van der Waals surface area contributed by atoms with Crippen LogP contribution in [0.5, 0.6) is 0 Å². The average molecular weight is 358 g/mol. The van der Waals surface area contributed by atoms with Gasteiger partial charge in [0.15, 0.2) is 0 Å². The van der Waals surface area contributed by atoms with Gasteiger partial charge < -0.3 is 10.1 Å². The van der Waals surface area contributed by atoms with Gasteiger partial charge >= 0.3 is 0 Å². The molecule has 1 aliphatic carbocycles. The number of nitrogens with one attached hydrogen (secondary N) is 1. The van der Waals surface area contributed by atoms with Gasteiger partial charge in [0.2, 0.25) is 0 Å². The molecule has 2 nitrogen and oxygen atoms in total. The van der Waals surface area contributed by atoms with E-state index in [-0.39, 0.29) is 16.6 Å². The van der Waals surface area contributed by atoms with Crippen LogP contribution in [-0.4, -0.2) is 24.8 Å². The molecule has 1 aromatic carbocycles. The van der Waals surface area contributed by atoms with Gasteiger partial charge in [-0.1, -0.05) is 50.1 Å². The van der Waals surface area contributed by atoms with Crippen LogP contribution in [0.3, 0.4) is 0 Å². The van der Waals surface area contributed by atoms with Gasteiger partial charge in [0.1, 0.15) is 0 Å². The van der Waals surface area contributed by atoms with Gasteiger partial charge in [0.25, 0.3) is 0 Å². The van der Waals surface area contributed by atoms with Crippen molar-refractivity contribution in [1.29, 1.82) is 0 Å². The van der Waals surface area contributed by atoms with E-state index in [9.17, 15) is 0 Å². The monoisotopic (exact) mass is 357 g/mol. The maximum Gasteiger partial charge on any atom is 0.0598 e. The van der Waals surface area contributed by atoms with E-state index in [1.807, 2.05) is 0 Å². The molecule has 1 aromatic rings. The molecule has 1 unspecified atom stereocenters. The second kappa shape index (κ2) is 8.27. The molecule has 0 saturated heterocycles. The van der Waals surface area contributed by atoms with E-state index < -0.39 is 0 Å². The van der Waals surface area contributed by atoms with Crippen molar-refractivity contribution in [3.8, 4) is 0 Å². The molecular formula is C24H39NO. The Morgan fingerprint density at radius 1 is 0.962 bits per heavy atom. The topological polar surface area (TPSA) is 21.3 Å². The Morgan fingerprint density at radius 2 is 1.62 bits per heavy atom. The molecule has 2 rings (SSSR count). The van der Waals surface area contributed by atoms with E-state index in [1.54, 1.807) is 0 Å². The molecule has 0 spiro atoms. The van der Waals surface area contributed by atoms with Gasteiger partial charge in [-0.3, -0.25) is 0 Å². The van der Waals surface area contributed by atoms with Gasteiger partial charge in [-0.15, -0.1) is 0 Å². The summed E-state index contributed by atoms with van der Waals surface area (Å²) in [4.78, 5) is 0. The van der Waals surface area contributed by atoms with Gasteiger partial charge in [0, 0.05) is 17.6 Å². The molecule has 1 aliphatic rings. The number of hydrogen-bond acceptors (Lipinski definition) is 2. The van der Waals surface area contributed by atoms with Gasteiger partial charge in [-0.05, 0) is 77.6 Å². The Bertz CT molecular complexity index is 623. The van der Waals surface area contributed by atoms with Crippen LogP contribution in [-0.2, 0) is 10.2 Å². The summed E-state index contributed by atoms with van der Waals surface area (Å²) in [6.45, 7) is 14.2.